The molecule has 0 spiro atoms. The number of carbonyl (C=O) groups excluding carboxylic acids is 3. The Kier molecular flexibility index (Phi) is 6.00. The van der Waals surface area contributed by atoms with Crippen molar-refractivity contribution in [2.75, 3.05) is 26.1 Å². The number of hydrogen-bond acceptors (Lipinski definition) is 6. The molecule has 8 heteroatoms. The molecular formula is C20H18N2O5S. The molecule has 2 aromatic rings. The maximum atomic E-state index is 12.5. The van der Waals surface area contributed by atoms with E-state index in [-0.39, 0.29) is 11.4 Å². The van der Waals surface area contributed by atoms with Gasteiger partial charge in [0.1, 0.15) is 6.54 Å². The van der Waals surface area contributed by atoms with Crippen LogP contribution in [0.5, 0.6) is 11.5 Å². The van der Waals surface area contributed by atoms with Crippen molar-refractivity contribution in [3.8, 4) is 11.5 Å². The van der Waals surface area contributed by atoms with Gasteiger partial charge in [-0.05, 0) is 35.5 Å². The zero-order valence-corrected chi connectivity index (χ0v) is 16.1. The number of imide groups is 1. The van der Waals surface area contributed by atoms with E-state index in [4.69, 9.17) is 9.47 Å². The fourth-order valence-electron chi connectivity index (χ4n) is 2.60. The van der Waals surface area contributed by atoms with Crippen molar-refractivity contribution in [3.05, 3.63) is 59.0 Å². The van der Waals surface area contributed by atoms with Crippen LogP contribution in [-0.2, 0) is 9.59 Å². The number of methoxy groups -OCH3 is 2. The first kappa shape index (κ1) is 19.5. The second kappa shape index (κ2) is 8.62. The number of anilines is 1. The van der Waals surface area contributed by atoms with Crippen LogP contribution in [-0.4, -0.2) is 42.7 Å². The van der Waals surface area contributed by atoms with Gasteiger partial charge in [0, 0.05) is 11.8 Å². The number of amides is 3. The van der Waals surface area contributed by atoms with Crippen LogP contribution in [0.25, 0.3) is 6.08 Å². The van der Waals surface area contributed by atoms with Crippen molar-refractivity contribution in [3.63, 3.8) is 0 Å². The molecule has 0 unspecified atom stereocenters. The number of nitrogens with zero attached hydrogens (tertiary/aromatic N) is 1. The van der Waals surface area contributed by atoms with Crippen molar-refractivity contribution in [1.82, 2.24) is 4.90 Å². The molecule has 1 aliphatic rings. The van der Waals surface area contributed by atoms with Gasteiger partial charge in [-0.3, -0.25) is 19.3 Å². The van der Waals surface area contributed by atoms with E-state index >= 15 is 0 Å². The van der Waals surface area contributed by atoms with Crippen LogP contribution in [0, 0.1) is 0 Å². The van der Waals surface area contributed by atoms with Crippen LogP contribution in [0.2, 0.25) is 0 Å². The molecule has 0 aliphatic carbocycles. The Morgan fingerprint density at radius 3 is 2.46 bits per heavy atom. The van der Waals surface area contributed by atoms with E-state index in [1.165, 1.54) is 14.2 Å². The molecule has 0 saturated carbocycles. The maximum absolute atomic E-state index is 12.5. The van der Waals surface area contributed by atoms with Gasteiger partial charge in [-0.2, -0.15) is 0 Å². The van der Waals surface area contributed by atoms with Gasteiger partial charge < -0.3 is 14.8 Å². The summed E-state index contributed by atoms with van der Waals surface area (Å²) in [5.41, 5.74) is 1.28. The van der Waals surface area contributed by atoms with Crippen molar-refractivity contribution < 1.29 is 23.9 Å². The van der Waals surface area contributed by atoms with Crippen LogP contribution >= 0.6 is 11.8 Å². The molecule has 1 aliphatic heterocycles. The van der Waals surface area contributed by atoms with E-state index in [1.54, 1.807) is 24.3 Å². The topological polar surface area (TPSA) is 84.9 Å². The SMILES string of the molecule is COc1ccc(NC(=O)CN2C(=O)S/C(=C/c3ccccc3)C2=O)cc1OC. The van der Waals surface area contributed by atoms with E-state index in [0.29, 0.717) is 17.2 Å². The summed E-state index contributed by atoms with van der Waals surface area (Å²) in [5, 5.41) is 2.17. The third-order valence-electron chi connectivity index (χ3n) is 3.94. The fraction of sp³-hybridized carbons (Fsp3) is 0.150. The van der Waals surface area contributed by atoms with E-state index in [2.05, 4.69) is 5.32 Å². The van der Waals surface area contributed by atoms with Crippen LogP contribution in [0.4, 0.5) is 10.5 Å². The van der Waals surface area contributed by atoms with Crippen molar-refractivity contribution in [1.29, 1.82) is 0 Å². The molecule has 1 fully saturated rings. The smallest absolute Gasteiger partial charge is 0.294 e. The summed E-state index contributed by atoms with van der Waals surface area (Å²) in [5.74, 6) is 0.00606. The second-order valence-electron chi connectivity index (χ2n) is 5.80. The van der Waals surface area contributed by atoms with Crippen LogP contribution < -0.4 is 14.8 Å². The first-order valence-corrected chi connectivity index (χ1v) is 9.15. The first-order chi connectivity index (χ1) is 13.5. The highest BCUT2D eigenvalue weighted by molar-refractivity contribution is 8.18. The Morgan fingerprint density at radius 1 is 1.07 bits per heavy atom. The highest BCUT2D eigenvalue weighted by Crippen LogP contribution is 2.32. The van der Waals surface area contributed by atoms with E-state index in [9.17, 15) is 14.4 Å². The second-order valence-corrected chi connectivity index (χ2v) is 6.79. The molecule has 0 atom stereocenters. The highest BCUT2D eigenvalue weighted by Gasteiger charge is 2.36. The summed E-state index contributed by atoms with van der Waals surface area (Å²) in [6.07, 6.45) is 1.64. The van der Waals surface area contributed by atoms with Gasteiger partial charge in [0.25, 0.3) is 11.1 Å². The molecule has 0 bridgehead atoms. The molecule has 1 N–H and O–H groups in total. The summed E-state index contributed by atoms with van der Waals surface area (Å²) in [6.45, 7) is -0.370. The molecule has 0 radical (unpaired) electrons. The largest absolute Gasteiger partial charge is 0.493 e. The number of rotatable bonds is 6. The summed E-state index contributed by atoms with van der Waals surface area (Å²) in [7, 11) is 3.00. The minimum Gasteiger partial charge on any atom is -0.493 e. The van der Waals surface area contributed by atoms with Gasteiger partial charge in [-0.1, -0.05) is 30.3 Å². The van der Waals surface area contributed by atoms with Gasteiger partial charge in [-0.25, -0.2) is 0 Å². The van der Waals surface area contributed by atoms with Crippen molar-refractivity contribution in [2.45, 2.75) is 0 Å². The third-order valence-corrected chi connectivity index (χ3v) is 4.85. The van der Waals surface area contributed by atoms with Gasteiger partial charge in [0.15, 0.2) is 11.5 Å². The third kappa shape index (κ3) is 4.34. The number of thioether (sulfide) groups is 1. The molecule has 3 amide bonds. The Balaban J connectivity index is 1.68. The molecule has 28 heavy (non-hydrogen) atoms. The standard InChI is InChI=1S/C20H18N2O5S/c1-26-15-9-8-14(11-16(15)27-2)21-18(23)12-22-19(24)17(28-20(22)25)10-13-6-4-3-5-7-13/h3-11H,12H2,1-2H3,(H,21,23)/b17-10+. The molecule has 1 heterocycles. The van der Waals surface area contributed by atoms with Gasteiger partial charge in [-0.15, -0.1) is 0 Å². The van der Waals surface area contributed by atoms with Crippen LogP contribution in [0.15, 0.2) is 53.4 Å². The summed E-state index contributed by atoms with van der Waals surface area (Å²) >= 11 is 0.818. The number of nitrogens with one attached hydrogen (secondary N) is 1. The van der Waals surface area contributed by atoms with E-state index in [0.717, 1.165) is 22.2 Å². The van der Waals surface area contributed by atoms with Crippen molar-refractivity contribution >= 4 is 40.6 Å². The number of benzene rings is 2. The molecule has 144 valence electrons. The van der Waals surface area contributed by atoms with Crippen LogP contribution in [0.1, 0.15) is 5.56 Å². The minimum absolute atomic E-state index is 0.287. The van der Waals surface area contributed by atoms with Gasteiger partial charge >= 0.3 is 0 Å². The summed E-state index contributed by atoms with van der Waals surface area (Å²) in [6, 6.07) is 14.1. The zero-order valence-electron chi connectivity index (χ0n) is 15.3. The molecule has 0 aromatic heterocycles. The average molecular weight is 398 g/mol. The first-order valence-electron chi connectivity index (χ1n) is 8.34. The molecule has 1 saturated heterocycles. The summed E-state index contributed by atoms with van der Waals surface area (Å²) < 4.78 is 10.3. The van der Waals surface area contributed by atoms with Gasteiger partial charge in [0.05, 0.1) is 19.1 Å². The fourth-order valence-corrected chi connectivity index (χ4v) is 3.43. The lowest BCUT2D eigenvalue weighted by Gasteiger charge is -2.14. The number of ether oxygens (including phenoxy) is 2. The number of carbonyl (C=O) groups is 3. The molecule has 2 aromatic carbocycles. The van der Waals surface area contributed by atoms with E-state index < -0.39 is 17.1 Å². The minimum atomic E-state index is -0.490. The lowest BCUT2D eigenvalue weighted by Crippen LogP contribution is -2.36. The number of hydrogen-bond donors (Lipinski definition) is 1. The Morgan fingerprint density at radius 2 is 1.79 bits per heavy atom. The predicted octanol–water partition coefficient (Wildman–Crippen LogP) is 3.38. The zero-order chi connectivity index (χ0) is 20.1. The lowest BCUT2D eigenvalue weighted by atomic mass is 10.2. The quantitative estimate of drug-likeness (QED) is 0.751. The van der Waals surface area contributed by atoms with E-state index in [1.807, 2.05) is 30.3 Å². The molecular weight excluding hydrogens is 380 g/mol. The Hall–Kier alpha value is -3.26. The summed E-state index contributed by atoms with van der Waals surface area (Å²) in [4.78, 5) is 38.2. The molecule has 7 nitrogen and oxygen atoms in total. The predicted molar refractivity (Wildman–Crippen MR) is 107 cm³/mol. The average Bonchev–Trinajstić information content (AvgIpc) is 2.96. The molecule has 3 rings (SSSR count). The van der Waals surface area contributed by atoms with Crippen molar-refractivity contribution in [2.24, 2.45) is 0 Å². The Bertz CT molecular complexity index is 943. The lowest BCUT2D eigenvalue weighted by molar-refractivity contribution is -0.127. The maximum Gasteiger partial charge on any atom is 0.294 e. The van der Waals surface area contributed by atoms with Gasteiger partial charge in [0.2, 0.25) is 5.91 Å². The normalized spacial score (nSPS) is 15.1. The monoisotopic (exact) mass is 398 g/mol. The Labute approximate surface area is 166 Å². The van der Waals surface area contributed by atoms with Crippen LogP contribution in [0.3, 0.4) is 0 Å². The highest BCUT2D eigenvalue weighted by atomic mass is 32.2.